The minimum Gasteiger partial charge on any atom is -0.496 e. The molecule has 9 rings (SSSR count). The standard InChI is InChI=1S/C56H71N9O7S3/c1-34-28-46(71-7)44(53(69)64-24-26-72-27-25-64)30-47(34)74-48-31-57-55(75-48)61-51(67)39-12-16-41(17-13-39)62-20-22-63(23-21-62)42-18-14-40(15-19-42)60-50(56(4,5)6)54(70)65-32-43(66)29-45(65)52(68)59-35(2)37-8-10-38(11-9-37)49-36(3)58-33-73-49/h8-13,16-17,28,30-31,33,35,40,42-43,45,50,60,66H,14-15,18-27,29,32H2,1-7H3,(H,59,68)(H,57,61,67)/t35-,40?,42?,43+,45-,50+/m0/s1. The largest absolute Gasteiger partial charge is 0.496 e. The highest BCUT2D eigenvalue weighted by molar-refractivity contribution is 8.01. The summed E-state index contributed by atoms with van der Waals surface area (Å²) in [6.45, 7) is 18.0. The topological polar surface area (TPSA) is 182 Å². The fourth-order valence-electron chi connectivity index (χ4n) is 10.8. The number of aliphatic hydroxyl groups excluding tert-OH is 1. The molecule has 19 heteroatoms. The number of hydrogen-bond acceptors (Lipinski definition) is 15. The van der Waals surface area contributed by atoms with Gasteiger partial charge in [-0.05, 0) is 105 Å². The van der Waals surface area contributed by atoms with Crippen molar-refractivity contribution in [2.75, 3.05) is 76.4 Å². The molecule has 400 valence electrons. The zero-order chi connectivity index (χ0) is 53.0. The van der Waals surface area contributed by atoms with Crippen LogP contribution in [0.25, 0.3) is 10.4 Å². The van der Waals surface area contributed by atoms with Crippen molar-refractivity contribution in [3.05, 3.63) is 100 Å². The Morgan fingerprint density at radius 1 is 0.907 bits per heavy atom. The number of ether oxygens (including phenoxy) is 2. The van der Waals surface area contributed by atoms with E-state index in [-0.39, 0.29) is 48.7 Å². The molecule has 3 aliphatic heterocycles. The summed E-state index contributed by atoms with van der Waals surface area (Å²) >= 11 is 4.49. The SMILES string of the molecule is COc1cc(C)c(Sc2cnc(NC(=O)c3ccc(N4CCN(C5CCC(N[C@H](C(=O)N6C[C@H](O)C[C@H]6C(=O)N[C@@H](C)c6ccc(-c7scnc7C)cc6)C(C)(C)C)CC5)CC4)cc3)s2)cc1C(=O)N1CCOCC1. The zero-order valence-electron chi connectivity index (χ0n) is 44.1. The molecule has 75 heavy (non-hydrogen) atoms. The van der Waals surface area contributed by atoms with Crippen molar-refractivity contribution < 1.29 is 33.8 Å². The van der Waals surface area contributed by atoms with Gasteiger partial charge < -0.3 is 39.9 Å². The maximum atomic E-state index is 14.5. The van der Waals surface area contributed by atoms with Crippen molar-refractivity contribution in [3.8, 4) is 16.2 Å². The first-order chi connectivity index (χ1) is 36.0. The summed E-state index contributed by atoms with van der Waals surface area (Å²) in [5.74, 6) is -0.161. The van der Waals surface area contributed by atoms with Crippen molar-refractivity contribution in [2.24, 2.45) is 5.41 Å². The molecule has 0 bridgehead atoms. The number of hydrogen-bond donors (Lipinski definition) is 4. The van der Waals surface area contributed by atoms with Gasteiger partial charge in [-0.15, -0.1) is 11.3 Å². The Hall–Kier alpha value is -5.41. The predicted molar refractivity (Wildman–Crippen MR) is 296 cm³/mol. The molecule has 5 aromatic rings. The van der Waals surface area contributed by atoms with Gasteiger partial charge in [0.2, 0.25) is 11.8 Å². The van der Waals surface area contributed by atoms with Crippen LogP contribution in [0.3, 0.4) is 0 Å². The monoisotopic (exact) mass is 1080 g/mol. The molecule has 16 nitrogen and oxygen atoms in total. The van der Waals surface area contributed by atoms with E-state index in [1.807, 2.05) is 74.8 Å². The number of aromatic nitrogens is 2. The van der Waals surface area contributed by atoms with Crippen LogP contribution >= 0.6 is 34.4 Å². The molecule has 0 spiro atoms. The Kier molecular flexibility index (Phi) is 17.3. The van der Waals surface area contributed by atoms with Crippen LogP contribution in [0.1, 0.15) is 103 Å². The number of carbonyl (C=O) groups excluding carboxylic acids is 4. The molecule has 4 atom stereocenters. The number of nitrogens with zero attached hydrogens (tertiary/aromatic N) is 6. The van der Waals surface area contributed by atoms with E-state index in [2.05, 4.69) is 68.6 Å². The van der Waals surface area contributed by atoms with Gasteiger partial charge in [-0.3, -0.25) is 29.4 Å². The Labute approximate surface area is 453 Å². The number of nitrogens with one attached hydrogen (secondary N) is 3. The van der Waals surface area contributed by atoms with Crippen LogP contribution in [0.2, 0.25) is 0 Å². The van der Waals surface area contributed by atoms with Gasteiger partial charge in [0.25, 0.3) is 11.8 Å². The Balaban J connectivity index is 0.726. The van der Waals surface area contributed by atoms with E-state index in [1.54, 1.807) is 34.4 Å². The maximum Gasteiger partial charge on any atom is 0.257 e. The number of thiazole rings is 2. The Bertz CT molecular complexity index is 2790. The lowest BCUT2D eigenvalue weighted by Gasteiger charge is -2.44. The van der Waals surface area contributed by atoms with E-state index >= 15 is 0 Å². The minimum atomic E-state index is -0.770. The molecular weight excluding hydrogens is 1010 g/mol. The number of β-amino-alcohol motifs (C(OH)–C–C–N with tert-alkyl or cyclic N) is 1. The van der Waals surface area contributed by atoms with E-state index < -0.39 is 23.6 Å². The fraction of sp³-hybridized carbons (Fsp3) is 0.500. The summed E-state index contributed by atoms with van der Waals surface area (Å²) in [4.78, 5) is 74.4. The number of anilines is 2. The number of carbonyl (C=O) groups is 4. The molecule has 1 aliphatic carbocycles. The molecule has 5 heterocycles. The average molecular weight is 1080 g/mol. The predicted octanol–water partition coefficient (Wildman–Crippen LogP) is 8.04. The van der Waals surface area contributed by atoms with Gasteiger partial charge in [0.1, 0.15) is 11.8 Å². The van der Waals surface area contributed by atoms with Gasteiger partial charge in [-0.2, -0.15) is 0 Å². The molecule has 4 N–H and O–H groups in total. The van der Waals surface area contributed by atoms with E-state index in [1.165, 1.54) is 23.1 Å². The molecule has 4 amide bonds. The van der Waals surface area contributed by atoms with Crippen molar-refractivity contribution in [1.29, 1.82) is 0 Å². The first-order valence-electron chi connectivity index (χ1n) is 26.2. The van der Waals surface area contributed by atoms with Gasteiger partial charge in [-0.25, -0.2) is 9.97 Å². The summed E-state index contributed by atoms with van der Waals surface area (Å²) in [5, 5.41) is 21.2. The molecule has 3 aromatic carbocycles. The molecule has 4 fully saturated rings. The first-order valence-corrected chi connectivity index (χ1v) is 28.7. The van der Waals surface area contributed by atoms with Crippen molar-refractivity contribution in [3.63, 3.8) is 0 Å². The molecular formula is C56H71N9O7S3. The zero-order valence-corrected chi connectivity index (χ0v) is 46.5. The van der Waals surface area contributed by atoms with Gasteiger partial charge in [0.05, 0.1) is 70.6 Å². The van der Waals surface area contributed by atoms with E-state index in [0.717, 1.165) is 93.9 Å². The number of morpholine rings is 1. The summed E-state index contributed by atoms with van der Waals surface area (Å²) < 4.78 is 11.9. The summed E-state index contributed by atoms with van der Waals surface area (Å²) in [6.07, 6.45) is 5.13. The lowest BCUT2D eigenvalue weighted by atomic mass is 9.83. The molecule has 0 unspecified atom stereocenters. The number of piperazine rings is 1. The normalized spacial score (nSPS) is 21.4. The summed E-state index contributed by atoms with van der Waals surface area (Å²) in [5.41, 5.74) is 7.58. The number of amides is 4. The second-order valence-corrected chi connectivity index (χ2v) is 24.5. The lowest BCUT2D eigenvalue weighted by molar-refractivity contribution is -0.142. The average Bonchev–Trinajstić information content (AvgIpc) is 4.17. The highest BCUT2D eigenvalue weighted by Gasteiger charge is 2.45. The van der Waals surface area contributed by atoms with Crippen LogP contribution in [0.4, 0.5) is 10.8 Å². The van der Waals surface area contributed by atoms with Crippen LogP contribution in [0.5, 0.6) is 5.75 Å². The van der Waals surface area contributed by atoms with Crippen molar-refractivity contribution >= 4 is 68.9 Å². The third-order valence-corrected chi connectivity index (χ3v) is 18.3. The van der Waals surface area contributed by atoms with Crippen molar-refractivity contribution in [1.82, 2.24) is 35.3 Å². The van der Waals surface area contributed by atoms with Gasteiger partial charge >= 0.3 is 0 Å². The van der Waals surface area contributed by atoms with Crippen LogP contribution < -0.4 is 25.6 Å². The highest BCUT2D eigenvalue weighted by Crippen LogP contribution is 2.39. The van der Waals surface area contributed by atoms with E-state index in [9.17, 15) is 24.3 Å². The highest BCUT2D eigenvalue weighted by atomic mass is 32.2. The number of likely N-dealkylation sites (tertiary alicyclic amines) is 1. The Morgan fingerprint density at radius 2 is 1.61 bits per heavy atom. The minimum absolute atomic E-state index is 0.0822. The van der Waals surface area contributed by atoms with Gasteiger partial charge in [0.15, 0.2) is 5.13 Å². The molecule has 0 radical (unpaired) electrons. The second-order valence-electron chi connectivity index (χ2n) is 21.3. The molecule has 3 saturated heterocycles. The number of aliphatic hydroxyl groups is 1. The number of rotatable bonds is 15. The number of aryl methyl sites for hydroxylation is 2. The third kappa shape index (κ3) is 12.9. The molecule has 1 saturated carbocycles. The van der Waals surface area contributed by atoms with E-state index in [0.29, 0.717) is 54.4 Å². The molecule has 2 aromatic heterocycles. The van der Waals surface area contributed by atoms with Crippen LogP contribution in [-0.2, 0) is 14.3 Å². The Morgan fingerprint density at radius 3 is 2.27 bits per heavy atom. The van der Waals surface area contributed by atoms with Crippen LogP contribution in [-0.4, -0.2) is 150 Å². The van der Waals surface area contributed by atoms with Gasteiger partial charge in [-0.1, -0.05) is 68.1 Å². The third-order valence-electron chi connectivity index (χ3n) is 15.1. The maximum absolute atomic E-state index is 14.5. The second kappa shape index (κ2) is 23.9. The smallest absolute Gasteiger partial charge is 0.257 e. The van der Waals surface area contributed by atoms with Crippen LogP contribution in [0, 0.1) is 19.3 Å². The molecule has 4 aliphatic rings. The van der Waals surface area contributed by atoms with Crippen LogP contribution in [0.15, 0.2) is 81.5 Å². The number of methoxy groups -OCH3 is 1. The lowest BCUT2D eigenvalue weighted by Crippen LogP contribution is -2.59. The summed E-state index contributed by atoms with van der Waals surface area (Å²) in [6, 6.07) is 18.8. The summed E-state index contributed by atoms with van der Waals surface area (Å²) in [7, 11) is 1.58. The number of benzene rings is 3. The van der Waals surface area contributed by atoms with E-state index in [4.69, 9.17) is 9.47 Å². The first kappa shape index (κ1) is 54.4. The fourth-order valence-corrected chi connectivity index (χ4v) is 13.5. The van der Waals surface area contributed by atoms with Gasteiger partial charge in [0, 0.05) is 80.5 Å². The van der Waals surface area contributed by atoms with Crippen molar-refractivity contribution in [2.45, 2.75) is 119 Å². The quantitative estimate of drug-likeness (QED) is 0.0792.